The molecule has 3 aromatic carbocycles. The second-order valence-electron chi connectivity index (χ2n) is 8.50. The predicted molar refractivity (Wildman–Crippen MR) is 115 cm³/mol. The summed E-state index contributed by atoms with van der Waals surface area (Å²) >= 11 is 0. The lowest BCUT2D eigenvalue weighted by Crippen LogP contribution is -2.55. The molecule has 3 aromatic rings. The predicted octanol–water partition coefficient (Wildman–Crippen LogP) is 3.24. The number of carbonyl (C=O) groups is 2. The molecule has 0 saturated carbocycles. The van der Waals surface area contributed by atoms with Gasteiger partial charge in [0, 0.05) is 5.92 Å². The fourth-order valence-corrected chi connectivity index (χ4v) is 6.18. The highest BCUT2D eigenvalue weighted by Crippen LogP contribution is 2.64. The molecule has 2 bridgehead atoms. The monoisotopic (exact) mass is 411 g/mol. The lowest BCUT2D eigenvalue weighted by Gasteiger charge is -2.53. The number of anilines is 1. The van der Waals surface area contributed by atoms with Crippen LogP contribution >= 0.6 is 0 Å². The topological polar surface area (TPSA) is 66.8 Å². The molecular formula is C26H21NO4. The van der Waals surface area contributed by atoms with Gasteiger partial charge in [-0.3, -0.25) is 9.59 Å². The number of nitrogens with zero attached hydrogens (tertiary/aromatic N) is 1. The smallest absolute Gasteiger partial charge is 0.239 e. The van der Waals surface area contributed by atoms with E-state index >= 15 is 0 Å². The Kier molecular flexibility index (Phi) is 3.72. The number of carbonyl (C=O) groups excluding carboxylic acids is 2. The van der Waals surface area contributed by atoms with Gasteiger partial charge in [0.2, 0.25) is 11.8 Å². The molecule has 1 fully saturated rings. The van der Waals surface area contributed by atoms with Crippen LogP contribution in [0.3, 0.4) is 0 Å². The van der Waals surface area contributed by atoms with Gasteiger partial charge in [-0.15, -0.1) is 0 Å². The fraction of sp³-hybridized carbons (Fsp3) is 0.231. The first-order valence-corrected chi connectivity index (χ1v) is 10.4. The van der Waals surface area contributed by atoms with Gasteiger partial charge in [0.25, 0.3) is 0 Å². The number of benzene rings is 3. The van der Waals surface area contributed by atoms with Crippen molar-refractivity contribution in [2.45, 2.75) is 11.3 Å². The molecule has 154 valence electrons. The summed E-state index contributed by atoms with van der Waals surface area (Å²) < 4.78 is 5.22. The van der Waals surface area contributed by atoms with E-state index in [1.54, 1.807) is 31.4 Å². The van der Waals surface area contributed by atoms with Crippen molar-refractivity contribution >= 4 is 17.5 Å². The molecule has 0 unspecified atom stereocenters. The van der Waals surface area contributed by atoms with Crippen LogP contribution in [0.5, 0.6) is 5.75 Å². The summed E-state index contributed by atoms with van der Waals surface area (Å²) in [6.45, 7) is -0.232. The fourth-order valence-electron chi connectivity index (χ4n) is 6.18. The Morgan fingerprint density at radius 3 is 2.00 bits per heavy atom. The highest BCUT2D eigenvalue weighted by Gasteiger charge is 2.68. The number of ether oxygens (including phenoxy) is 1. The zero-order valence-corrected chi connectivity index (χ0v) is 17.0. The standard InChI is InChI=1S/C26H21NO4/c1-31-16-12-10-15(11-13-16)27-24(29)22-21-17-6-2-4-8-19(17)26(14-28,23(22)25(27)30)20-9-5-3-7-18(20)21/h2-13,21-23,28H,14H2,1H3/t21?,22-,23+,26?/m0/s1. The molecule has 31 heavy (non-hydrogen) atoms. The summed E-state index contributed by atoms with van der Waals surface area (Å²) in [6, 6.07) is 22.8. The first-order valence-electron chi connectivity index (χ1n) is 10.4. The molecule has 1 heterocycles. The number of hydrogen-bond donors (Lipinski definition) is 1. The van der Waals surface area contributed by atoms with E-state index < -0.39 is 17.3 Å². The maximum Gasteiger partial charge on any atom is 0.239 e. The largest absolute Gasteiger partial charge is 0.497 e. The molecule has 4 aliphatic rings. The molecule has 7 rings (SSSR count). The van der Waals surface area contributed by atoms with E-state index in [-0.39, 0.29) is 24.3 Å². The number of aliphatic hydroxyl groups is 1. The van der Waals surface area contributed by atoms with Gasteiger partial charge in [-0.2, -0.15) is 0 Å². The van der Waals surface area contributed by atoms with Crippen LogP contribution in [0.15, 0.2) is 72.8 Å². The van der Waals surface area contributed by atoms with Crippen LogP contribution in [-0.2, 0) is 15.0 Å². The van der Waals surface area contributed by atoms with Crippen molar-refractivity contribution in [2.24, 2.45) is 11.8 Å². The van der Waals surface area contributed by atoms with Crippen molar-refractivity contribution < 1.29 is 19.4 Å². The van der Waals surface area contributed by atoms with Gasteiger partial charge in [-0.1, -0.05) is 48.5 Å². The second-order valence-corrected chi connectivity index (χ2v) is 8.50. The molecule has 1 aliphatic heterocycles. The van der Waals surface area contributed by atoms with Gasteiger partial charge >= 0.3 is 0 Å². The van der Waals surface area contributed by atoms with Crippen LogP contribution in [0.4, 0.5) is 5.69 Å². The first-order chi connectivity index (χ1) is 15.1. The van der Waals surface area contributed by atoms with Gasteiger partial charge in [0.05, 0.1) is 36.7 Å². The second kappa shape index (κ2) is 6.28. The lowest BCUT2D eigenvalue weighted by atomic mass is 9.47. The highest BCUT2D eigenvalue weighted by molar-refractivity contribution is 6.23. The number of aliphatic hydroxyl groups excluding tert-OH is 1. The Bertz CT molecular complexity index is 1180. The van der Waals surface area contributed by atoms with Gasteiger partial charge in [-0.25, -0.2) is 4.90 Å². The van der Waals surface area contributed by atoms with Crippen molar-refractivity contribution in [3.63, 3.8) is 0 Å². The molecule has 3 aliphatic carbocycles. The number of hydrogen-bond acceptors (Lipinski definition) is 4. The molecule has 5 heteroatoms. The summed E-state index contributed by atoms with van der Waals surface area (Å²) in [7, 11) is 1.58. The molecule has 1 saturated heterocycles. The first kappa shape index (κ1) is 18.3. The van der Waals surface area contributed by atoms with E-state index in [0.717, 1.165) is 22.3 Å². The third-order valence-electron chi connectivity index (χ3n) is 7.37. The normalized spacial score (nSPS) is 27.7. The maximum atomic E-state index is 13.8. The molecule has 5 nitrogen and oxygen atoms in total. The van der Waals surface area contributed by atoms with Crippen LogP contribution in [-0.4, -0.2) is 30.6 Å². The third kappa shape index (κ3) is 2.09. The van der Waals surface area contributed by atoms with E-state index in [0.29, 0.717) is 11.4 Å². The highest BCUT2D eigenvalue weighted by atomic mass is 16.5. The van der Waals surface area contributed by atoms with Crippen molar-refractivity contribution in [3.05, 3.63) is 95.1 Å². The third-order valence-corrected chi connectivity index (χ3v) is 7.37. The molecule has 0 aromatic heterocycles. The molecule has 0 radical (unpaired) electrons. The Labute approximate surface area is 179 Å². The lowest BCUT2D eigenvalue weighted by molar-refractivity contribution is -0.124. The molecular weight excluding hydrogens is 390 g/mol. The Morgan fingerprint density at radius 1 is 0.871 bits per heavy atom. The molecule has 2 amide bonds. The Balaban J connectivity index is 1.60. The Hall–Kier alpha value is -3.44. The average molecular weight is 411 g/mol. The summed E-state index contributed by atoms with van der Waals surface area (Å²) in [6.07, 6.45) is 0. The van der Waals surface area contributed by atoms with Crippen molar-refractivity contribution in [3.8, 4) is 5.75 Å². The van der Waals surface area contributed by atoms with E-state index in [2.05, 4.69) is 0 Å². The van der Waals surface area contributed by atoms with Gasteiger partial charge in [0.1, 0.15) is 5.75 Å². The van der Waals surface area contributed by atoms with Gasteiger partial charge in [-0.05, 0) is 46.5 Å². The van der Waals surface area contributed by atoms with E-state index in [9.17, 15) is 14.7 Å². The van der Waals surface area contributed by atoms with E-state index in [1.807, 2.05) is 48.5 Å². The van der Waals surface area contributed by atoms with Crippen LogP contribution in [0.1, 0.15) is 28.2 Å². The summed E-state index contributed by atoms with van der Waals surface area (Å²) in [5, 5.41) is 10.8. The number of rotatable bonds is 3. The molecule has 0 spiro atoms. The zero-order chi connectivity index (χ0) is 21.3. The van der Waals surface area contributed by atoms with Gasteiger partial charge in [0.15, 0.2) is 0 Å². The maximum absolute atomic E-state index is 13.8. The average Bonchev–Trinajstić information content (AvgIpc) is 3.10. The minimum absolute atomic E-state index is 0.202. The number of amides is 2. The molecule has 1 N–H and O–H groups in total. The minimum atomic E-state index is -0.930. The van der Waals surface area contributed by atoms with E-state index in [4.69, 9.17) is 4.74 Å². The van der Waals surface area contributed by atoms with Crippen LogP contribution in [0, 0.1) is 11.8 Å². The van der Waals surface area contributed by atoms with E-state index in [1.165, 1.54) is 4.90 Å². The van der Waals surface area contributed by atoms with Crippen LogP contribution < -0.4 is 9.64 Å². The van der Waals surface area contributed by atoms with Crippen LogP contribution in [0.2, 0.25) is 0 Å². The van der Waals surface area contributed by atoms with Crippen LogP contribution in [0.25, 0.3) is 0 Å². The van der Waals surface area contributed by atoms with Gasteiger partial charge < -0.3 is 9.84 Å². The Morgan fingerprint density at radius 2 is 1.45 bits per heavy atom. The SMILES string of the molecule is COc1ccc(N2C(=O)[C@H]3C4c5ccccc5C(CO)(c5ccccc54)[C@H]3C2=O)cc1. The quantitative estimate of drug-likeness (QED) is 0.672. The summed E-state index contributed by atoms with van der Waals surface area (Å²) in [5.74, 6) is -1.17. The molecule has 2 atom stereocenters. The number of methoxy groups -OCH3 is 1. The minimum Gasteiger partial charge on any atom is -0.497 e. The van der Waals surface area contributed by atoms with Crippen molar-refractivity contribution in [1.29, 1.82) is 0 Å². The van der Waals surface area contributed by atoms with Crippen molar-refractivity contribution in [1.82, 2.24) is 0 Å². The zero-order valence-electron chi connectivity index (χ0n) is 17.0. The van der Waals surface area contributed by atoms with Crippen molar-refractivity contribution in [2.75, 3.05) is 18.6 Å². The summed E-state index contributed by atoms with van der Waals surface area (Å²) in [5.41, 5.74) is 3.59. The summed E-state index contributed by atoms with van der Waals surface area (Å²) in [4.78, 5) is 28.9. The number of imide groups is 1.